The van der Waals surface area contributed by atoms with Gasteiger partial charge in [-0.1, -0.05) is 0 Å². The van der Waals surface area contributed by atoms with E-state index in [1.54, 1.807) is 4.90 Å². The van der Waals surface area contributed by atoms with Gasteiger partial charge in [0.05, 0.1) is 6.61 Å². The minimum absolute atomic E-state index is 0.00614. The number of nitrogens with zero attached hydrogens (tertiary/aromatic N) is 3. The van der Waals surface area contributed by atoms with Crippen molar-refractivity contribution in [2.24, 2.45) is 12.5 Å². The van der Waals surface area contributed by atoms with E-state index >= 15 is 0 Å². The van der Waals surface area contributed by atoms with Gasteiger partial charge in [-0.05, 0) is 31.4 Å². The van der Waals surface area contributed by atoms with Crippen molar-refractivity contribution in [2.75, 3.05) is 32.8 Å². The smallest absolute Gasteiger partial charge is 0.270 e. The molecule has 3 rings (SSSR count). The number of hydrogen-bond donors (Lipinski definition) is 1. The lowest BCUT2D eigenvalue weighted by atomic mass is 9.73. The number of piperidine rings is 2. The Kier molecular flexibility index (Phi) is 4.43. The van der Waals surface area contributed by atoms with Gasteiger partial charge in [-0.25, -0.2) is 0 Å². The minimum Gasteiger partial charge on any atom is -0.395 e. The Bertz CT molecular complexity index is 598. The molecule has 2 aliphatic heterocycles. The van der Waals surface area contributed by atoms with Crippen LogP contribution in [0.15, 0.2) is 18.3 Å². The van der Waals surface area contributed by atoms with E-state index in [1.807, 2.05) is 34.8 Å². The lowest BCUT2D eigenvalue weighted by Gasteiger charge is -2.48. The summed E-state index contributed by atoms with van der Waals surface area (Å²) in [6.45, 7) is 2.52. The van der Waals surface area contributed by atoms with Crippen LogP contribution in [0.1, 0.15) is 36.2 Å². The Morgan fingerprint density at radius 2 is 2.17 bits per heavy atom. The van der Waals surface area contributed by atoms with E-state index in [4.69, 9.17) is 5.11 Å². The second-order valence-electron chi connectivity index (χ2n) is 6.87. The molecule has 1 aromatic heterocycles. The van der Waals surface area contributed by atoms with E-state index < -0.39 is 0 Å². The van der Waals surface area contributed by atoms with Crippen LogP contribution >= 0.6 is 0 Å². The topological polar surface area (TPSA) is 65.8 Å². The van der Waals surface area contributed by atoms with Crippen molar-refractivity contribution in [3.8, 4) is 0 Å². The Labute approximate surface area is 136 Å². The van der Waals surface area contributed by atoms with Crippen molar-refractivity contribution in [1.29, 1.82) is 0 Å². The standard InChI is InChI=1S/C17H25N3O3/c1-18-8-2-4-14(18)16(23)20-9-3-6-17(13-20)7-5-15(22)19(12-17)10-11-21/h2,4,8,21H,3,5-7,9-13H2,1H3/t17-/m1/s1. The molecule has 0 saturated carbocycles. The third kappa shape index (κ3) is 3.13. The summed E-state index contributed by atoms with van der Waals surface area (Å²) in [5, 5.41) is 9.16. The number of carbonyl (C=O) groups is 2. The van der Waals surface area contributed by atoms with Crippen LogP contribution in [0.4, 0.5) is 0 Å². The maximum Gasteiger partial charge on any atom is 0.270 e. The highest BCUT2D eigenvalue weighted by molar-refractivity contribution is 5.92. The molecule has 6 nitrogen and oxygen atoms in total. The van der Waals surface area contributed by atoms with Crippen LogP contribution in [-0.2, 0) is 11.8 Å². The number of rotatable bonds is 3. The van der Waals surface area contributed by atoms with Crippen LogP contribution in [0, 0.1) is 5.41 Å². The maximum atomic E-state index is 12.8. The van der Waals surface area contributed by atoms with Gasteiger partial charge in [0.1, 0.15) is 5.69 Å². The van der Waals surface area contributed by atoms with Crippen LogP contribution in [0.5, 0.6) is 0 Å². The SMILES string of the molecule is Cn1cccc1C(=O)N1CCC[C@]2(CCC(=O)N(CCO)C2)C1. The van der Waals surface area contributed by atoms with Crippen LogP contribution in [0.2, 0.25) is 0 Å². The van der Waals surface area contributed by atoms with Gasteiger partial charge >= 0.3 is 0 Å². The second kappa shape index (κ2) is 6.35. The number of hydrogen-bond acceptors (Lipinski definition) is 3. The van der Waals surface area contributed by atoms with Gasteiger partial charge in [-0.3, -0.25) is 9.59 Å². The molecule has 0 aromatic carbocycles. The Balaban J connectivity index is 1.74. The average molecular weight is 319 g/mol. The number of aromatic nitrogens is 1. The molecule has 6 heteroatoms. The molecular weight excluding hydrogens is 294 g/mol. The molecule has 0 aliphatic carbocycles. The fraction of sp³-hybridized carbons (Fsp3) is 0.647. The largest absolute Gasteiger partial charge is 0.395 e. The van der Waals surface area contributed by atoms with E-state index in [1.165, 1.54) is 0 Å². The maximum absolute atomic E-state index is 12.8. The third-order valence-electron chi connectivity index (χ3n) is 5.23. The summed E-state index contributed by atoms with van der Waals surface area (Å²) in [5.74, 6) is 0.192. The Hall–Kier alpha value is -1.82. The predicted octanol–water partition coefficient (Wildman–Crippen LogP) is 0.862. The highest BCUT2D eigenvalue weighted by Gasteiger charge is 2.42. The predicted molar refractivity (Wildman–Crippen MR) is 85.9 cm³/mol. The molecule has 1 atom stereocenters. The molecule has 0 radical (unpaired) electrons. The number of β-amino-alcohol motifs (C(OH)–C–C–N with tert-alkyl or cyclic N) is 1. The molecule has 0 bridgehead atoms. The van der Waals surface area contributed by atoms with Crippen LogP contribution in [0.3, 0.4) is 0 Å². The van der Waals surface area contributed by atoms with Crippen LogP contribution in [0.25, 0.3) is 0 Å². The van der Waals surface area contributed by atoms with Gasteiger partial charge < -0.3 is 19.5 Å². The lowest BCUT2D eigenvalue weighted by molar-refractivity contribution is -0.139. The number of carbonyl (C=O) groups excluding carboxylic acids is 2. The summed E-state index contributed by atoms with van der Waals surface area (Å²) in [4.78, 5) is 28.5. The number of aliphatic hydroxyl groups is 1. The van der Waals surface area contributed by atoms with Crippen LogP contribution in [-0.4, -0.2) is 64.1 Å². The Morgan fingerprint density at radius 3 is 2.87 bits per heavy atom. The zero-order valence-corrected chi connectivity index (χ0v) is 13.7. The molecule has 0 unspecified atom stereocenters. The van der Waals surface area contributed by atoms with E-state index in [2.05, 4.69) is 0 Å². The molecule has 2 saturated heterocycles. The molecule has 1 spiro atoms. The normalized spacial score (nSPS) is 25.2. The van der Waals surface area contributed by atoms with Gasteiger partial charge in [-0.15, -0.1) is 0 Å². The van der Waals surface area contributed by atoms with E-state index in [0.717, 1.165) is 25.8 Å². The molecule has 1 aromatic rings. The van der Waals surface area contributed by atoms with Crippen molar-refractivity contribution < 1.29 is 14.7 Å². The lowest BCUT2D eigenvalue weighted by Crippen LogP contribution is -2.55. The van der Waals surface area contributed by atoms with Gasteiger partial charge in [0.15, 0.2) is 0 Å². The third-order valence-corrected chi connectivity index (χ3v) is 5.23. The van der Waals surface area contributed by atoms with E-state index in [9.17, 15) is 9.59 Å². The first-order valence-electron chi connectivity index (χ1n) is 8.34. The monoisotopic (exact) mass is 319 g/mol. The van der Waals surface area contributed by atoms with Crippen molar-refractivity contribution in [1.82, 2.24) is 14.4 Å². The summed E-state index contributed by atoms with van der Waals surface area (Å²) in [5.41, 5.74) is 0.698. The quantitative estimate of drug-likeness (QED) is 0.899. The van der Waals surface area contributed by atoms with Gasteiger partial charge in [0, 0.05) is 51.3 Å². The van der Waals surface area contributed by atoms with Gasteiger partial charge in [0.2, 0.25) is 5.91 Å². The molecule has 2 amide bonds. The van der Waals surface area contributed by atoms with Gasteiger partial charge in [-0.2, -0.15) is 0 Å². The van der Waals surface area contributed by atoms with Crippen molar-refractivity contribution in [3.63, 3.8) is 0 Å². The molecule has 1 N–H and O–H groups in total. The number of likely N-dealkylation sites (tertiary alicyclic amines) is 2. The summed E-state index contributed by atoms with van der Waals surface area (Å²) < 4.78 is 1.85. The van der Waals surface area contributed by atoms with E-state index in [-0.39, 0.29) is 23.8 Å². The minimum atomic E-state index is -0.0118. The zero-order chi connectivity index (χ0) is 16.4. The van der Waals surface area contributed by atoms with Crippen molar-refractivity contribution in [2.45, 2.75) is 25.7 Å². The summed E-state index contributed by atoms with van der Waals surface area (Å²) in [6.07, 6.45) is 5.25. The summed E-state index contributed by atoms with van der Waals surface area (Å²) in [6, 6.07) is 3.74. The fourth-order valence-electron chi connectivity index (χ4n) is 3.99. The highest BCUT2D eigenvalue weighted by Crippen LogP contribution is 2.39. The summed E-state index contributed by atoms with van der Waals surface area (Å²) >= 11 is 0. The zero-order valence-electron chi connectivity index (χ0n) is 13.7. The van der Waals surface area contributed by atoms with Crippen molar-refractivity contribution in [3.05, 3.63) is 24.0 Å². The molecule has 2 aliphatic rings. The van der Waals surface area contributed by atoms with Crippen LogP contribution < -0.4 is 0 Å². The first-order valence-corrected chi connectivity index (χ1v) is 8.34. The van der Waals surface area contributed by atoms with Crippen molar-refractivity contribution >= 4 is 11.8 Å². The van der Waals surface area contributed by atoms with E-state index in [0.29, 0.717) is 31.7 Å². The fourth-order valence-corrected chi connectivity index (χ4v) is 3.99. The second-order valence-corrected chi connectivity index (χ2v) is 6.87. The number of aliphatic hydroxyl groups excluding tert-OH is 1. The average Bonchev–Trinajstić information content (AvgIpc) is 2.97. The molecule has 126 valence electrons. The molecule has 3 heterocycles. The molecule has 23 heavy (non-hydrogen) atoms. The Morgan fingerprint density at radius 1 is 1.35 bits per heavy atom. The first-order chi connectivity index (χ1) is 11.0. The number of amides is 2. The highest BCUT2D eigenvalue weighted by atomic mass is 16.3. The molecular formula is C17H25N3O3. The van der Waals surface area contributed by atoms with Gasteiger partial charge in [0.25, 0.3) is 5.91 Å². The summed E-state index contributed by atoms with van der Waals surface area (Å²) in [7, 11) is 1.88. The molecule has 2 fully saturated rings. The number of aryl methyl sites for hydroxylation is 1. The first kappa shape index (κ1) is 16.1.